The Labute approximate surface area is 177 Å². The van der Waals surface area contributed by atoms with Gasteiger partial charge in [-0.1, -0.05) is 37.0 Å². The van der Waals surface area contributed by atoms with Gasteiger partial charge in [0, 0.05) is 19.3 Å². The van der Waals surface area contributed by atoms with Crippen LogP contribution in [-0.4, -0.2) is 62.5 Å². The predicted molar refractivity (Wildman–Crippen MR) is 118 cm³/mol. The van der Waals surface area contributed by atoms with Gasteiger partial charge in [-0.15, -0.1) is 0 Å². The molecule has 2 aromatic rings. The number of hydrogen-bond donors (Lipinski definition) is 2. The molecule has 1 saturated heterocycles. The molecule has 1 aliphatic heterocycles. The number of aromatic nitrogens is 2. The van der Waals surface area contributed by atoms with E-state index in [-0.39, 0.29) is 30.2 Å². The quantitative estimate of drug-likeness (QED) is 0.350. The topological polar surface area (TPSA) is 96.2 Å². The van der Waals surface area contributed by atoms with Gasteiger partial charge in [0.05, 0.1) is 30.3 Å². The first kappa shape index (κ1) is 21.4. The van der Waals surface area contributed by atoms with Crippen molar-refractivity contribution in [2.24, 2.45) is 0 Å². The van der Waals surface area contributed by atoms with Gasteiger partial charge >= 0.3 is 0 Å². The second kappa shape index (κ2) is 9.97. The van der Waals surface area contributed by atoms with Gasteiger partial charge in [-0.25, -0.2) is 4.98 Å². The maximum absolute atomic E-state index is 13.1. The number of nitrogens with one attached hydrogen (secondary N) is 1. The maximum Gasteiger partial charge on any atom is 0.267 e. The van der Waals surface area contributed by atoms with E-state index in [1.807, 2.05) is 6.92 Å². The van der Waals surface area contributed by atoms with Crippen LogP contribution in [0.4, 0.5) is 5.82 Å². The standard InChI is InChI=1S/C19H22N4O4S2/c1-2-7-23-18(26)14(29-19(23)28)12-13-16(20-6-10-27-11-9-24)21-15-5-3-4-8-22(15)17(13)25/h3-5,8,12,20,24H,2,6-7,9-11H2,1H3/b14-12-. The van der Waals surface area contributed by atoms with E-state index in [2.05, 4.69) is 10.3 Å². The van der Waals surface area contributed by atoms with Crippen molar-refractivity contribution in [2.45, 2.75) is 13.3 Å². The van der Waals surface area contributed by atoms with Gasteiger partial charge in [-0.05, 0) is 24.6 Å². The van der Waals surface area contributed by atoms with E-state index in [4.69, 9.17) is 22.1 Å². The summed E-state index contributed by atoms with van der Waals surface area (Å²) >= 11 is 6.49. The first-order chi connectivity index (χ1) is 14.1. The fourth-order valence-electron chi connectivity index (χ4n) is 2.82. The molecule has 0 atom stereocenters. The molecule has 1 aliphatic rings. The van der Waals surface area contributed by atoms with Gasteiger partial charge in [0.25, 0.3) is 11.5 Å². The molecule has 1 fully saturated rings. The summed E-state index contributed by atoms with van der Waals surface area (Å²) in [5.74, 6) is 0.172. The van der Waals surface area contributed by atoms with E-state index in [0.29, 0.717) is 40.4 Å². The minimum Gasteiger partial charge on any atom is -0.394 e. The van der Waals surface area contributed by atoms with Crippen molar-refractivity contribution in [3.05, 3.63) is 45.2 Å². The van der Waals surface area contributed by atoms with Gasteiger partial charge in [0.2, 0.25) is 0 Å². The van der Waals surface area contributed by atoms with Gasteiger partial charge in [-0.3, -0.25) is 18.9 Å². The van der Waals surface area contributed by atoms with Crippen LogP contribution >= 0.6 is 24.0 Å². The number of ether oxygens (including phenoxy) is 1. The number of pyridine rings is 1. The van der Waals surface area contributed by atoms with Crippen molar-refractivity contribution in [1.82, 2.24) is 14.3 Å². The molecule has 2 N–H and O–H groups in total. The maximum atomic E-state index is 13.1. The molecule has 3 heterocycles. The summed E-state index contributed by atoms with van der Waals surface area (Å²) < 4.78 is 7.17. The number of aliphatic hydroxyl groups is 1. The van der Waals surface area contributed by atoms with Crippen molar-refractivity contribution in [1.29, 1.82) is 0 Å². The summed E-state index contributed by atoms with van der Waals surface area (Å²) in [4.78, 5) is 32.2. The van der Waals surface area contributed by atoms with Crippen LogP contribution in [0.5, 0.6) is 0 Å². The summed E-state index contributed by atoms with van der Waals surface area (Å²) in [5, 5.41) is 11.9. The Balaban J connectivity index is 1.97. The van der Waals surface area contributed by atoms with Crippen LogP contribution in [0.3, 0.4) is 0 Å². The van der Waals surface area contributed by atoms with Crippen LogP contribution < -0.4 is 10.9 Å². The second-order valence-electron chi connectivity index (χ2n) is 6.20. The average Bonchev–Trinajstić information content (AvgIpc) is 2.98. The smallest absolute Gasteiger partial charge is 0.267 e. The zero-order chi connectivity index (χ0) is 20.8. The molecule has 10 heteroatoms. The molecule has 8 nitrogen and oxygen atoms in total. The summed E-state index contributed by atoms with van der Waals surface area (Å²) in [6, 6.07) is 5.28. The molecular formula is C19H22N4O4S2. The molecule has 29 heavy (non-hydrogen) atoms. The highest BCUT2D eigenvalue weighted by atomic mass is 32.2. The number of aliphatic hydroxyl groups excluding tert-OH is 1. The van der Waals surface area contributed by atoms with Crippen LogP contribution in [0.2, 0.25) is 0 Å². The third kappa shape index (κ3) is 4.84. The highest BCUT2D eigenvalue weighted by Gasteiger charge is 2.31. The Morgan fingerprint density at radius 1 is 1.34 bits per heavy atom. The van der Waals surface area contributed by atoms with E-state index >= 15 is 0 Å². The van der Waals surface area contributed by atoms with Crippen LogP contribution in [-0.2, 0) is 9.53 Å². The van der Waals surface area contributed by atoms with Crippen molar-refractivity contribution < 1.29 is 14.6 Å². The molecule has 0 unspecified atom stereocenters. The molecule has 2 aromatic heterocycles. The minimum absolute atomic E-state index is 0.0551. The Kier molecular flexibility index (Phi) is 7.37. The number of fused-ring (bicyclic) bond motifs is 1. The lowest BCUT2D eigenvalue weighted by molar-refractivity contribution is -0.122. The molecule has 1 amide bonds. The highest BCUT2D eigenvalue weighted by Crippen LogP contribution is 2.33. The Hall–Kier alpha value is -2.27. The van der Waals surface area contributed by atoms with E-state index in [0.717, 1.165) is 6.42 Å². The Morgan fingerprint density at radius 2 is 2.17 bits per heavy atom. The van der Waals surface area contributed by atoms with Crippen LogP contribution in [0.15, 0.2) is 34.1 Å². The van der Waals surface area contributed by atoms with Gasteiger partial charge in [-0.2, -0.15) is 0 Å². The molecular weight excluding hydrogens is 412 g/mol. The molecule has 0 aliphatic carbocycles. The molecule has 0 spiro atoms. The SMILES string of the molecule is CCCN1C(=O)/C(=C/c2c(NCCOCCO)nc3ccccn3c2=O)SC1=S. The second-order valence-corrected chi connectivity index (χ2v) is 7.88. The number of anilines is 1. The van der Waals surface area contributed by atoms with Crippen LogP contribution in [0, 0.1) is 0 Å². The monoisotopic (exact) mass is 434 g/mol. The average molecular weight is 435 g/mol. The molecule has 154 valence electrons. The normalized spacial score (nSPS) is 15.7. The van der Waals surface area contributed by atoms with Crippen LogP contribution in [0.25, 0.3) is 11.7 Å². The fraction of sp³-hybridized carbons (Fsp3) is 0.368. The van der Waals surface area contributed by atoms with E-state index in [1.54, 1.807) is 35.4 Å². The number of hydrogen-bond acceptors (Lipinski definition) is 8. The zero-order valence-electron chi connectivity index (χ0n) is 16.0. The van der Waals surface area contributed by atoms with Crippen molar-refractivity contribution in [2.75, 3.05) is 38.2 Å². The fourth-order valence-corrected chi connectivity index (χ4v) is 4.11. The van der Waals surface area contributed by atoms with E-state index in [1.165, 1.54) is 16.2 Å². The molecule has 0 aromatic carbocycles. The third-order valence-electron chi connectivity index (χ3n) is 4.14. The van der Waals surface area contributed by atoms with Crippen molar-refractivity contribution in [3.8, 4) is 0 Å². The largest absolute Gasteiger partial charge is 0.394 e. The lowest BCUT2D eigenvalue weighted by Crippen LogP contribution is -2.28. The summed E-state index contributed by atoms with van der Waals surface area (Å²) in [5.41, 5.74) is 0.495. The zero-order valence-corrected chi connectivity index (χ0v) is 17.6. The number of thiocarbonyl (C=S) groups is 1. The van der Waals surface area contributed by atoms with E-state index in [9.17, 15) is 9.59 Å². The third-order valence-corrected chi connectivity index (χ3v) is 5.52. The van der Waals surface area contributed by atoms with Crippen molar-refractivity contribution in [3.63, 3.8) is 0 Å². The summed E-state index contributed by atoms with van der Waals surface area (Å²) in [7, 11) is 0. The molecule has 0 bridgehead atoms. The minimum atomic E-state index is -0.282. The number of nitrogens with zero attached hydrogens (tertiary/aromatic N) is 3. The number of carbonyl (C=O) groups is 1. The molecule has 3 rings (SSSR count). The van der Waals surface area contributed by atoms with Crippen molar-refractivity contribution >= 4 is 51.7 Å². The lowest BCUT2D eigenvalue weighted by Gasteiger charge is -2.12. The molecule has 0 radical (unpaired) electrons. The highest BCUT2D eigenvalue weighted by molar-refractivity contribution is 8.26. The first-order valence-corrected chi connectivity index (χ1v) is 10.5. The first-order valence-electron chi connectivity index (χ1n) is 9.26. The number of amides is 1. The summed E-state index contributed by atoms with van der Waals surface area (Å²) in [6.07, 6.45) is 3.99. The number of carbonyl (C=O) groups excluding carboxylic acids is 1. The molecule has 0 saturated carbocycles. The van der Waals surface area contributed by atoms with E-state index < -0.39 is 0 Å². The van der Waals surface area contributed by atoms with Gasteiger partial charge < -0.3 is 15.2 Å². The Morgan fingerprint density at radius 3 is 2.93 bits per heavy atom. The summed E-state index contributed by atoms with van der Waals surface area (Å²) in [6.45, 7) is 3.44. The van der Waals surface area contributed by atoms with Gasteiger partial charge in [0.15, 0.2) is 0 Å². The lowest BCUT2D eigenvalue weighted by atomic mass is 10.2. The number of rotatable bonds is 9. The Bertz CT molecular complexity index is 1010. The predicted octanol–water partition coefficient (Wildman–Crippen LogP) is 1.73. The number of thioether (sulfide) groups is 1. The van der Waals surface area contributed by atoms with Crippen LogP contribution in [0.1, 0.15) is 18.9 Å². The van der Waals surface area contributed by atoms with Gasteiger partial charge in [0.1, 0.15) is 15.8 Å².